The average Bonchev–Trinajstić information content (AvgIpc) is 2.60. The van der Waals surface area contributed by atoms with E-state index in [1.54, 1.807) is 0 Å². The Kier molecular flexibility index (Phi) is 7.91. The molecule has 0 saturated heterocycles. The van der Waals surface area contributed by atoms with Crippen LogP contribution in [0.1, 0.15) is 35.4 Å². The number of aryl methyl sites for hydroxylation is 3. The van der Waals surface area contributed by atoms with Gasteiger partial charge in [0, 0.05) is 24.4 Å². The third kappa shape index (κ3) is 6.33. The predicted molar refractivity (Wildman–Crippen MR) is 106 cm³/mol. The van der Waals surface area contributed by atoms with Gasteiger partial charge in [0.15, 0.2) is 5.16 Å². The lowest BCUT2D eigenvalue weighted by atomic mass is 10.1. The van der Waals surface area contributed by atoms with Crippen molar-refractivity contribution < 1.29 is 9.53 Å². The molecule has 0 radical (unpaired) electrons. The number of benzene rings is 1. The first kappa shape index (κ1) is 20.2. The minimum Gasteiger partial charge on any atom is -0.494 e. The number of hydrogen-bond donors (Lipinski definition) is 1. The van der Waals surface area contributed by atoms with Crippen molar-refractivity contribution in [2.75, 3.05) is 19.4 Å². The number of thioether (sulfide) groups is 1. The van der Waals surface area contributed by atoms with Crippen LogP contribution in [0.5, 0.6) is 5.75 Å². The monoisotopic (exact) mass is 373 g/mol. The maximum absolute atomic E-state index is 12.0. The minimum absolute atomic E-state index is 0.0494. The van der Waals surface area contributed by atoms with Crippen molar-refractivity contribution in [2.24, 2.45) is 0 Å². The van der Waals surface area contributed by atoms with Gasteiger partial charge in [0.05, 0.1) is 6.61 Å². The lowest BCUT2D eigenvalue weighted by Crippen LogP contribution is -2.26. The Balaban J connectivity index is 1.68. The van der Waals surface area contributed by atoms with E-state index in [1.165, 1.54) is 17.3 Å². The summed E-state index contributed by atoms with van der Waals surface area (Å²) in [4.78, 5) is 21.0. The van der Waals surface area contributed by atoms with Gasteiger partial charge in [-0.3, -0.25) is 4.79 Å². The molecule has 2 rings (SSSR count). The topological polar surface area (TPSA) is 64.1 Å². The summed E-state index contributed by atoms with van der Waals surface area (Å²) in [7, 11) is 0. The molecular weight excluding hydrogens is 346 g/mol. The van der Waals surface area contributed by atoms with Gasteiger partial charge in [-0.1, -0.05) is 23.9 Å². The van der Waals surface area contributed by atoms with E-state index in [9.17, 15) is 4.79 Å². The molecule has 6 heteroatoms. The number of rotatable bonds is 9. The molecular formula is C20H27N3O2S. The van der Waals surface area contributed by atoms with Crippen molar-refractivity contribution in [3.8, 4) is 5.75 Å². The van der Waals surface area contributed by atoms with Crippen LogP contribution < -0.4 is 10.1 Å². The van der Waals surface area contributed by atoms with Gasteiger partial charge in [-0.15, -0.1) is 0 Å². The number of amides is 1. The summed E-state index contributed by atoms with van der Waals surface area (Å²) < 4.78 is 5.68. The largest absolute Gasteiger partial charge is 0.494 e. The molecule has 0 saturated carbocycles. The van der Waals surface area contributed by atoms with Crippen molar-refractivity contribution in [3.63, 3.8) is 0 Å². The van der Waals surface area contributed by atoms with Gasteiger partial charge < -0.3 is 10.1 Å². The van der Waals surface area contributed by atoms with Crippen LogP contribution in [0.2, 0.25) is 0 Å². The Bertz CT molecular complexity index is 727. The molecule has 1 N–H and O–H groups in total. The second-order valence-electron chi connectivity index (χ2n) is 6.23. The van der Waals surface area contributed by atoms with E-state index in [1.807, 2.05) is 51.3 Å². The molecule has 0 atom stereocenters. The summed E-state index contributed by atoms with van der Waals surface area (Å²) in [5.74, 6) is 0.921. The van der Waals surface area contributed by atoms with Gasteiger partial charge in [-0.05, 0) is 63.1 Å². The van der Waals surface area contributed by atoms with Crippen molar-refractivity contribution >= 4 is 17.7 Å². The standard InChI is InChI=1S/C20H27N3O2S/c1-14-7-5-8-17(13-14)25-12-6-11-21-19(24)10-9-18-15(2)22-20(26-4)23-16(18)3/h5,7-8,13H,6,9-12H2,1-4H3,(H,21,24). The second-order valence-corrected chi connectivity index (χ2v) is 7.00. The van der Waals surface area contributed by atoms with E-state index in [4.69, 9.17) is 4.74 Å². The van der Waals surface area contributed by atoms with Gasteiger partial charge in [0.25, 0.3) is 0 Å². The molecule has 26 heavy (non-hydrogen) atoms. The molecule has 1 amide bonds. The predicted octanol–water partition coefficient (Wildman–Crippen LogP) is 3.64. The quantitative estimate of drug-likeness (QED) is 0.413. The Morgan fingerprint density at radius 2 is 1.92 bits per heavy atom. The smallest absolute Gasteiger partial charge is 0.220 e. The Labute approximate surface area is 160 Å². The first-order valence-corrected chi connectivity index (χ1v) is 10.1. The highest BCUT2D eigenvalue weighted by atomic mass is 32.2. The highest BCUT2D eigenvalue weighted by Gasteiger charge is 2.10. The van der Waals surface area contributed by atoms with Crippen LogP contribution in [0.4, 0.5) is 0 Å². The molecule has 0 aliphatic rings. The molecule has 5 nitrogen and oxygen atoms in total. The molecule has 0 aliphatic carbocycles. The maximum Gasteiger partial charge on any atom is 0.220 e. The molecule has 0 bridgehead atoms. The zero-order chi connectivity index (χ0) is 18.9. The fraction of sp³-hybridized carbons (Fsp3) is 0.450. The van der Waals surface area contributed by atoms with Gasteiger partial charge in [0.2, 0.25) is 5.91 Å². The van der Waals surface area contributed by atoms with E-state index in [0.29, 0.717) is 26.0 Å². The van der Waals surface area contributed by atoms with Crippen molar-refractivity contribution in [2.45, 2.75) is 45.2 Å². The Hall–Kier alpha value is -2.08. The SMILES string of the molecule is CSc1nc(C)c(CCC(=O)NCCCOc2cccc(C)c2)c(C)n1. The zero-order valence-electron chi connectivity index (χ0n) is 16.0. The zero-order valence-corrected chi connectivity index (χ0v) is 16.8. The lowest BCUT2D eigenvalue weighted by molar-refractivity contribution is -0.121. The molecule has 0 fully saturated rings. The molecule has 0 unspecified atom stereocenters. The Morgan fingerprint density at radius 1 is 1.19 bits per heavy atom. The van der Waals surface area contributed by atoms with Gasteiger partial charge >= 0.3 is 0 Å². The first-order valence-electron chi connectivity index (χ1n) is 8.84. The van der Waals surface area contributed by atoms with Gasteiger partial charge in [-0.25, -0.2) is 9.97 Å². The van der Waals surface area contributed by atoms with Gasteiger partial charge in [0.1, 0.15) is 5.75 Å². The van der Waals surface area contributed by atoms with E-state index in [2.05, 4.69) is 15.3 Å². The van der Waals surface area contributed by atoms with Crippen LogP contribution in [0, 0.1) is 20.8 Å². The number of carbonyl (C=O) groups excluding carboxylic acids is 1. The van der Waals surface area contributed by atoms with E-state index in [-0.39, 0.29) is 5.91 Å². The van der Waals surface area contributed by atoms with E-state index >= 15 is 0 Å². The molecule has 1 heterocycles. The van der Waals surface area contributed by atoms with Crippen LogP contribution in [0.25, 0.3) is 0 Å². The highest BCUT2D eigenvalue weighted by molar-refractivity contribution is 7.98. The van der Waals surface area contributed by atoms with Crippen LogP contribution in [0.3, 0.4) is 0 Å². The number of hydrogen-bond acceptors (Lipinski definition) is 5. The fourth-order valence-electron chi connectivity index (χ4n) is 2.68. The summed E-state index contributed by atoms with van der Waals surface area (Å²) in [5, 5.41) is 3.73. The molecule has 1 aromatic carbocycles. The Morgan fingerprint density at radius 3 is 2.58 bits per heavy atom. The fourth-order valence-corrected chi connectivity index (χ4v) is 3.14. The maximum atomic E-state index is 12.0. The third-order valence-corrected chi connectivity index (χ3v) is 4.63. The lowest BCUT2D eigenvalue weighted by Gasteiger charge is -2.10. The van der Waals surface area contributed by atoms with Crippen LogP contribution in [-0.4, -0.2) is 35.3 Å². The summed E-state index contributed by atoms with van der Waals surface area (Å²) in [6, 6.07) is 7.97. The normalized spacial score (nSPS) is 10.6. The van der Waals surface area contributed by atoms with Crippen molar-refractivity contribution in [1.29, 1.82) is 0 Å². The molecule has 2 aromatic rings. The first-order chi connectivity index (χ1) is 12.5. The summed E-state index contributed by atoms with van der Waals surface area (Å²) in [6.45, 7) is 7.20. The molecule has 140 valence electrons. The molecule has 0 aliphatic heterocycles. The van der Waals surface area contributed by atoms with Crippen LogP contribution in [0.15, 0.2) is 29.4 Å². The van der Waals surface area contributed by atoms with E-state index < -0.39 is 0 Å². The molecule has 0 spiro atoms. The summed E-state index contributed by atoms with van der Waals surface area (Å²) >= 11 is 1.53. The number of nitrogens with one attached hydrogen (secondary N) is 1. The summed E-state index contributed by atoms with van der Waals surface area (Å²) in [5.41, 5.74) is 4.17. The van der Waals surface area contributed by atoms with Crippen LogP contribution in [-0.2, 0) is 11.2 Å². The molecule has 1 aromatic heterocycles. The van der Waals surface area contributed by atoms with Crippen LogP contribution >= 0.6 is 11.8 Å². The van der Waals surface area contributed by atoms with Gasteiger partial charge in [-0.2, -0.15) is 0 Å². The van der Waals surface area contributed by atoms with E-state index in [0.717, 1.165) is 34.3 Å². The van der Waals surface area contributed by atoms with Crippen molar-refractivity contribution in [3.05, 3.63) is 46.8 Å². The minimum atomic E-state index is 0.0494. The third-order valence-electron chi connectivity index (χ3n) is 4.09. The second kappa shape index (κ2) is 10.2. The number of aromatic nitrogens is 2. The number of ether oxygens (including phenoxy) is 1. The number of nitrogens with zero attached hydrogens (tertiary/aromatic N) is 2. The summed E-state index contributed by atoms with van der Waals surface area (Å²) in [6.07, 6.45) is 3.85. The number of carbonyl (C=O) groups is 1. The van der Waals surface area contributed by atoms with Crippen molar-refractivity contribution in [1.82, 2.24) is 15.3 Å². The highest BCUT2D eigenvalue weighted by Crippen LogP contribution is 2.17. The average molecular weight is 374 g/mol.